The Kier molecular flexibility index (Phi) is 2.33. The van der Waals surface area contributed by atoms with Gasteiger partial charge < -0.3 is 0 Å². The number of carbonyl (C=O) groups excluding carboxylic acids is 1. The van der Waals surface area contributed by atoms with Crippen LogP contribution in [0.5, 0.6) is 0 Å². The Hall–Kier alpha value is -1.22. The van der Waals surface area contributed by atoms with Crippen molar-refractivity contribution in [3.05, 3.63) is 35.9 Å². The molecule has 0 bridgehead atoms. The average molecular weight is 205 g/mol. The molecule has 14 heavy (non-hydrogen) atoms. The lowest BCUT2D eigenvalue weighted by Crippen LogP contribution is -2.24. The Morgan fingerprint density at radius 3 is 2.93 bits per heavy atom. The average Bonchev–Trinajstić information content (AvgIpc) is 2.53. The van der Waals surface area contributed by atoms with Crippen molar-refractivity contribution in [2.24, 2.45) is 0 Å². The summed E-state index contributed by atoms with van der Waals surface area (Å²) in [5.41, 5.74) is 0.967. The van der Waals surface area contributed by atoms with Crippen molar-refractivity contribution in [2.75, 3.05) is 4.90 Å². The zero-order valence-corrected chi connectivity index (χ0v) is 8.80. The van der Waals surface area contributed by atoms with E-state index >= 15 is 0 Å². The lowest BCUT2D eigenvalue weighted by molar-refractivity contribution is -0.117. The summed E-state index contributed by atoms with van der Waals surface area (Å²) in [7, 11) is 0. The molecular weight excluding hydrogens is 194 g/mol. The number of fused-ring (bicyclic) bond motifs is 1. The molecule has 2 nitrogen and oxygen atoms in total. The minimum Gasteiger partial charge on any atom is -0.274 e. The molecule has 0 unspecified atom stereocenters. The molecule has 0 radical (unpaired) electrons. The second-order valence-electron chi connectivity index (χ2n) is 3.05. The molecule has 0 saturated carbocycles. The van der Waals surface area contributed by atoms with Crippen molar-refractivity contribution in [3.8, 4) is 0 Å². The fourth-order valence-electron chi connectivity index (χ4n) is 1.47. The Morgan fingerprint density at radius 2 is 2.21 bits per heavy atom. The van der Waals surface area contributed by atoms with Gasteiger partial charge in [-0.2, -0.15) is 0 Å². The van der Waals surface area contributed by atoms with Crippen molar-refractivity contribution >= 4 is 23.4 Å². The highest BCUT2D eigenvalue weighted by molar-refractivity contribution is 8.03. The molecule has 1 aromatic rings. The largest absolute Gasteiger partial charge is 0.274 e. The minimum atomic E-state index is 0.104. The summed E-state index contributed by atoms with van der Waals surface area (Å²) in [5.74, 6) is 0.104. The number of hydrogen-bond acceptors (Lipinski definition) is 2. The van der Waals surface area contributed by atoms with Gasteiger partial charge in [-0.3, -0.25) is 9.69 Å². The van der Waals surface area contributed by atoms with E-state index < -0.39 is 0 Å². The number of amides is 1. The van der Waals surface area contributed by atoms with E-state index in [1.54, 1.807) is 16.7 Å². The molecule has 3 heteroatoms. The first-order chi connectivity index (χ1) is 6.74. The smallest absolute Gasteiger partial charge is 0.231 e. The molecule has 1 aliphatic heterocycles. The number of hydrogen-bond donors (Lipinski definition) is 0. The van der Waals surface area contributed by atoms with Crippen molar-refractivity contribution in [3.63, 3.8) is 0 Å². The number of nitrogens with zero attached hydrogens (tertiary/aromatic N) is 1. The molecule has 0 aromatic heterocycles. The van der Waals surface area contributed by atoms with Crippen LogP contribution >= 0.6 is 11.8 Å². The molecule has 1 heterocycles. The number of rotatable bonds is 1. The number of thioether (sulfide) groups is 1. The number of para-hydroxylation sites is 1. The van der Waals surface area contributed by atoms with Crippen LogP contribution in [0.4, 0.5) is 5.69 Å². The Morgan fingerprint density at radius 1 is 1.50 bits per heavy atom. The molecule has 0 saturated heterocycles. The van der Waals surface area contributed by atoms with Crippen LogP contribution in [0.25, 0.3) is 0 Å². The second-order valence-corrected chi connectivity index (χ2v) is 4.16. The highest BCUT2D eigenvalue weighted by atomic mass is 32.2. The zero-order valence-electron chi connectivity index (χ0n) is 7.99. The molecule has 1 aromatic carbocycles. The van der Waals surface area contributed by atoms with E-state index in [1.165, 1.54) is 0 Å². The molecule has 0 fully saturated rings. The Bertz CT molecular complexity index is 392. The van der Waals surface area contributed by atoms with E-state index in [2.05, 4.69) is 6.58 Å². The summed E-state index contributed by atoms with van der Waals surface area (Å²) in [6.07, 6.45) is 0.508. The van der Waals surface area contributed by atoms with Crippen molar-refractivity contribution in [1.82, 2.24) is 0 Å². The third-order valence-corrected chi connectivity index (χ3v) is 3.12. The lowest BCUT2D eigenvalue weighted by atomic mass is 10.3. The normalized spacial score (nSPS) is 14.4. The van der Waals surface area contributed by atoms with Crippen LogP contribution in [-0.2, 0) is 4.79 Å². The summed E-state index contributed by atoms with van der Waals surface area (Å²) in [6.45, 7) is 5.75. The maximum absolute atomic E-state index is 11.6. The van der Waals surface area contributed by atoms with Crippen LogP contribution in [0.1, 0.15) is 13.3 Å². The van der Waals surface area contributed by atoms with Gasteiger partial charge in [0.1, 0.15) is 0 Å². The van der Waals surface area contributed by atoms with Gasteiger partial charge in [-0.05, 0) is 12.1 Å². The van der Waals surface area contributed by atoms with Crippen LogP contribution < -0.4 is 4.90 Å². The highest BCUT2D eigenvalue weighted by Gasteiger charge is 2.27. The molecule has 72 valence electrons. The van der Waals surface area contributed by atoms with Gasteiger partial charge >= 0.3 is 0 Å². The fourth-order valence-corrected chi connectivity index (χ4v) is 2.42. The molecule has 1 aliphatic rings. The molecule has 0 atom stereocenters. The van der Waals surface area contributed by atoms with Crippen LogP contribution in [0.15, 0.2) is 40.8 Å². The monoisotopic (exact) mass is 205 g/mol. The summed E-state index contributed by atoms with van der Waals surface area (Å²) >= 11 is 1.55. The van der Waals surface area contributed by atoms with Crippen LogP contribution in [0.3, 0.4) is 0 Å². The summed E-state index contributed by atoms with van der Waals surface area (Å²) in [4.78, 5) is 14.4. The standard InChI is InChI=1S/C11H11NOS/c1-3-11(13)12-8(2)14-10-7-5-4-6-9(10)12/h4-7H,2-3H2,1H3. The summed E-state index contributed by atoms with van der Waals surface area (Å²) in [5, 5.41) is 0.804. The van der Waals surface area contributed by atoms with E-state index in [0.717, 1.165) is 15.6 Å². The molecule has 2 rings (SSSR count). The first kappa shape index (κ1) is 9.34. The third-order valence-electron chi connectivity index (χ3n) is 2.14. The van der Waals surface area contributed by atoms with E-state index in [4.69, 9.17) is 0 Å². The van der Waals surface area contributed by atoms with Gasteiger partial charge in [-0.1, -0.05) is 37.4 Å². The van der Waals surface area contributed by atoms with Crippen molar-refractivity contribution < 1.29 is 4.79 Å². The van der Waals surface area contributed by atoms with E-state index in [1.807, 2.05) is 31.2 Å². The molecule has 0 spiro atoms. The summed E-state index contributed by atoms with van der Waals surface area (Å²) < 4.78 is 0. The molecular formula is C11H11NOS. The van der Waals surface area contributed by atoms with Gasteiger partial charge in [0.2, 0.25) is 5.91 Å². The van der Waals surface area contributed by atoms with E-state index in [9.17, 15) is 4.79 Å². The van der Waals surface area contributed by atoms with Crippen molar-refractivity contribution in [2.45, 2.75) is 18.2 Å². The van der Waals surface area contributed by atoms with Crippen LogP contribution in [0.2, 0.25) is 0 Å². The minimum absolute atomic E-state index is 0.104. The predicted octanol–water partition coefficient (Wildman–Crippen LogP) is 3.01. The number of benzene rings is 1. The van der Waals surface area contributed by atoms with Crippen molar-refractivity contribution in [1.29, 1.82) is 0 Å². The van der Waals surface area contributed by atoms with Gasteiger partial charge in [-0.25, -0.2) is 0 Å². The Labute approximate surface area is 87.6 Å². The van der Waals surface area contributed by atoms with Gasteiger partial charge in [-0.15, -0.1) is 0 Å². The fraction of sp³-hybridized carbons (Fsp3) is 0.182. The van der Waals surface area contributed by atoms with Crippen LogP contribution in [-0.4, -0.2) is 5.91 Å². The number of anilines is 1. The zero-order chi connectivity index (χ0) is 10.1. The van der Waals surface area contributed by atoms with Gasteiger partial charge in [0, 0.05) is 11.3 Å². The van der Waals surface area contributed by atoms with Gasteiger partial charge in [0.25, 0.3) is 0 Å². The first-order valence-electron chi connectivity index (χ1n) is 4.52. The van der Waals surface area contributed by atoms with E-state index in [0.29, 0.717) is 6.42 Å². The quantitative estimate of drug-likeness (QED) is 0.702. The molecule has 1 amide bonds. The predicted molar refractivity (Wildman–Crippen MR) is 59.2 cm³/mol. The maximum atomic E-state index is 11.6. The SMILES string of the molecule is C=C1Sc2ccccc2N1C(=O)CC. The third kappa shape index (κ3) is 1.34. The second kappa shape index (κ2) is 3.50. The van der Waals surface area contributed by atoms with Gasteiger partial charge in [0.05, 0.1) is 10.7 Å². The summed E-state index contributed by atoms with van der Waals surface area (Å²) in [6, 6.07) is 7.87. The first-order valence-corrected chi connectivity index (χ1v) is 5.34. The lowest BCUT2D eigenvalue weighted by Gasteiger charge is -2.16. The Balaban J connectivity index is 2.44. The topological polar surface area (TPSA) is 20.3 Å². The van der Waals surface area contributed by atoms with Crippen LogP contribution in [0, 0.1) is 0 Å². The molecule has 0 N–H and O–H groups in total. The maximum Gasteiger partial charge on any atom is 0.231 e. The number of carbonyl (C=O) groups is 1. The highest BCUT2D eigenvalue weighted by Crippen LogP contribution is 2.44. The van der Waals surface area contributed by atoms with Gasteiger partial charge in [0.15, 0.2) is 0 Å². The van der Waals surface area contributed by atoms with E-state index in [-0.39, 0.29) is 5.91 Å². The molecule has 0 aliphatic carbocycles.